The predicted octanol–water partition coefficient (Wildman–Crippen LogP) is 5.30. The van der Waals surface area contributed by atoms with Gasteiger partial charge in [-0.1, -0.05) is 6.07 Å². The van der Waals surface area contributed by atoms with E-state index in [1.807, 2.05) is 39.0 Å². The summed E-state index contributed by atoms with van der Waals surface area (Å²) in [5.74, 6) is -0.232. The van der Waals surface area contributed by atoms with Gasteiger partial charge in [0, 0.05) is 15.8 Å². The lowest BCUT2D eigenvalue weighted by Crippen LogP contribution is -2.22. The van der Waals surface area contributed by atoms with Gasteiger partial charge >= 0.3 is 0 Å². The third-order valence-corrected chi connectivity index (χ3v) is 5.38. The number of aromatic nitrogens is 4. The molecule has 0 unspecified atom stereocenters. The zero-order valence-corrected chi connectivity index (χ0v) is 19.9. The second-order valence-corrected chi connectivity index (χ2v) is 9.51. The van der Waals surface area contributed by atoms with Gasteiger partial charge in [0.25, 0.3) is 0 Å². The molecule has 0 bridgehead atoms. The highest BCUT2D eigenvalue weighted by atomic mass is 127. The molecule has 9 heteroatoms. The molecule has 32 heavy (non-hydrogen) atoms. The van der Waals surface area contributed by atoms with E-state index in [4.69, 9.17) is 4.74 Å². The van der Waals surface area contributed by atoms with E-state index in [0.29, 0.717) is 11.6 Å². The Kier molecular flexibility index (Phi) is 6.09. The molecule has 0 spiro atoms. The Bertz CT molecular complexity index is 1300. The summed E-state index contributed by atoms with van der Waals surface area (Å²) in [7, 11) is 0. The van der Waals surface area contributed by atoms with Crippen LogP contribution in [-0.4, -0.2) is 25.7 Å². The first-order chi connectivity index (χ1) is 15.2. The first-order valence-electron chi connectivity index (χ1n) is 9.90. The van der Waals surface area contributed by atoms with Crippen molar-refractivity contribution < 1.29 is 13.9 Å². The number of rotatable bonds is 5. The Balaban J connectivity index is 1.46. The SMILES string of the molecule is CC(C)(C)n1cc(NC(=O)Cc2ccc(Oc3ncnc4ccc(I)cc34)cc2F)cn1. The lowest BCUT2D eigenvalue weighted by Gasteiger charge is -2.18. The highest BCUT2D eigenvalue weighted by Crippen LogP contribution is 2.29. The van der Waals surface area contributed by atoms with E-state index in [1.165, 1.54) is 18.5 Å². The van der Waals surface area contributed by atoms with Crippen LogP contribution in [0.15, 0.2) is 55.1 Å². The molecule has 0 saturated carbocycles. The summed E-state index contributed by atoms with van der Waals surface area (Å²) in [6, 6.07) is 10.1. The number of halogens is 2. The second-order valence-electron chi connectivity index (χ2n) is 8.26. The summed E-state index contributed by atoms with van der Waals surface area (Å²) in [4.78, 5) is 20.8. The van der Waals surface area contributed by atoms with Crippen molar-refractivity contribution in [1.29, 1.82) is 0 Å². The molecule has 0 aliphatic carbocycles. The Morgan fingerprint density at radius 2 is 2.00 bits per heavy atom. The molecular weight excluding hydrogens is 524 g/mol. The number of nitrogens with one attached hydrogen (secondary N) is 1. The number of benzene rings is 2. The van der Waals surface area contributed by atoms with Crippen LogP contribution >= 0.6 is 22.6 Å². The average molecular weight is 545 g/mol. The molecule has 7 nitrogen and oxygen atoms in total. The lowest BCUT2D eigenvalue weighted by molar-refractivity contribution is -0.115. The van der Waals surface area contributed by atoms with E-state index in [9.17, 15) is 9.18 Å². The number of hydrogen-bond donors (Lipinski definition) is 1. The maximum atomic E-state index is 14.7. The smallest absolute Gasteiger partial charge is 0.230 e. The fourth-order valence-electron chi connectivity index (χ4n) is 3.07. The van der Waals surface area contributed by atoms with Crippen LogP contribution in [0, 0.1) is 9.39 Å². The number of amides is 1. The zero-order chi connectivity index (χ0) is 22.9. The maximum absolute atomic E-state index is 14.7. The highest BCUT2D eigenvalue weighted by molar-refractivity contribution is 14.1. The van der Waals surface area contributed by atoms with Crippen molar-refractivity contribution in [3.05, 3.63) is 70.1 Å². The van der Waals surface area contributed by atoms with Crippen LogP contribution in [0.3, 0.4) is 0 Å². The molecule has 4 aromatic rings. The van der Waals surface area contributed by atoms with E-state index in [1.54, 1.807) is 23.1 Å². The molecule has 0 aliphatic rings. The van der Waals surface area contributed by atoms with Gasteiger partial charge in [0.15, 0.2) is 0 Å². The summed E-state index contributed by atoms with van der Waals surface area (Å²) in [5, 5.41) is 7.73. The molecule has 1 amide bonds. The van der Waals surface area contributed by atoms with Gasteiger partial charge in [0.05, 0.1) is 34.7 Å². The quantitative estimate of drug-likeness (QED) is 0.345. The number of carbonyl (C=O) groups is 1. The summed E-state index contributed by atoms with van der Waals surface area (Å²) in [6.07, 6.45) is 4.62. The number of hydrogen-bond acceptors (Lipinski definition) is 5. The molecule has 2 heterocycles. The van der Waals surface area contributed by atoms with E-state index in [-0.39, 0.29) is 29.2 Å². The van der Waals surface area contributed by atoms with E-state index in [2.05, 4.69) is 43.0 Å². The van der Waals surface area contributed by atoms with Crippen LogP contribution in [0.1, 0.15) is 26.3 Å². The summed E-state index contributed by atoms with van der Waals surface area (Å²) >= 11 is 2.19. The fraction of sp³-hybridized carbons (Fsp3) is 0.217. The Morgan fingerprint density at radius 3 is 2.72 bits per heavy atom. The van der Waals surface area contributed by atoms with Gasteiger partial charge in [0.2, 0.25) is 11.8 Å². The lowest BCUT2D eigenvalue weighted by atomic mass is 10.1. The predicted molar refractivity (Wildman–Crippen MR) is 128 cm³/mol. The second kappa shape index (κ2) is 8.81. The fourth-order valence-corrected chi connectivity index (χ4v) is 3.56. The topological polar surface area (TPSA) is 81.9 Å². The molecule has 0 fully saturated rings. The van der Waals surface area contributed by atoms with Crippen LogP contribution in [0.25, 0.3) is 10.9 Å². The maximum Gasteiger partial charge on any atom is 0.230 e. The van der Waals surface area contributed by atoms with Gasteiger partial charge in [-0.2, -0.15) is 5.10 Å². The van der Waals surface area contributed by atoms with Gasteiger partial charge in [-0.25, -0.2) is 14.4 Å². The van der Waals surface area contributed by atoms with Crippen molar-refractivity contribution in [1.82, 2.24) is 19.7 Å². The van der Waals surface area contributed by atoms with Gasteiger partial charge < -0.3 is 10.1 Å². The highest BCUT2D eigenvalue weighted by Gasteiger charge is 2.16. The molecule has 1 N–H and O–H groups in total. The average Bonchev–Trinajstić information content (AvgIpc) is 3.19. The van der Waals surface area contributed by atoms with Gasteiger partial charge in [-0.3, -0.25) is 9.48 Å². The summed E-state index contributed by atoms with van der Waals surface area (Å²) in [5.41, 5.74) is 1.37. The minimum Gasteiger partial charge on any atom is -0.438 e. The molecule has 164 valence electrons. The molecule has 0 radical (unpaired) electrons. The largest absolute Gasteiger partial charge is 0.438 e. The number of anilines is 1. The molecule has 2 aromatic carbocycles. The third kappa shape index (κ3) is 5.04. The van der Waals surface area contributed by atoms with Gasteiger partial charge in [-0.05, 0) is 73.2 Å². The molecule has 2 aromatic heterocycles. The van der Waals surface area contributed by atoms with Crippen molar-refractivity contribution in [3.8, 4) is 11.6 Å². The molecule has 0 atom stereocenters. The van der Waals surface area contributed by atoms with Crippen LogP contribution in [0.4, 0.5) is 10.1 Å². The zero-order valence-electron chi connectivity index (χ0n) is 17.8. The minimum absolute atomic E-state index is 0.110. The van der Waals surface area contributed by atoms with Gasteiger partial charge in [-0.15, -0.1) is 0 Å². The Labute approximate surface area is 198 Å². The summed E-state index contributed by atoms with van der Waals surface area (Å²) < 4.78 is 23.3. The number of nitrogens with zero attached hydrogens (tertiary/aromatic N) is 4. The third-order valence-electron chi connectivity index (χ3n) is 4.70. The molecule has 0 saturated heterocycles. The normalized spacial score (nSPS) is 11.5. The van der Waals surface area contributed by atoms with Crippen LogP contribution < -0.4 is 10.1 Å². The molecule has 0 aliphatic heterocycles. The van der Waals surface area contributed by atoms with Crippen LogP contribution in [0.2, 0.25) is 0 Å². The Morgan fingerprint density at radius 1 is 1.19 bits per heavy atom. The standard InChI is InChI=1S/C23H21FIN5O2/c1-23(2,3)30-12-16(11-28-30)29-21(31)8-14-4-6-17(10-19(14)24)32-22-18-9-15(25)5-7-20(18)26-13-27-22/h4-7,9-13H,8H2,1-3H3,(H,29,31). The number of carbonyl (C=O) groups excluding carboxylic acids is 1. The van der Waals surface area contributed by atoms with Crippen LogP contribution in [-0.2, 0) is 16.8 Å². The first-order valence-corrected chi connectivity index (χ1v) is 11.0. The molecule has 4 rings (SSSR count). The van der Waals surface area contributed by atoms with Gasteiger partial charge in [0.1, 0.15) is 17.9 Å². The van der Waals surface area contributed by atoms with Crippen molar-refractivity contribution in [2.45, 2.75) is 32.7 Å². The van der Waals surface area contributed by atoms with E-state index < -0.39 is 5.82 Å². The van der Waals surface area contributed by atoms with E-state index >= 15 is 0 Å². The summed E-state index contributed by atoms with van der Waals surface area (Å²) in [6.45, 7) is 6.03. The number of ether oxygens (including phenoxy) is 1. The van der Waals surface area contributed by atoms with Crippen molar-refractivity contribution in [3.63, 3.8) is 0 Å². The Hall–Kier alpha value is -3.08. The minimum atomic E-state index is -0.532. The number of fused-ring (bicyclic) bond motifs is 1. The van der Waals surface area contributed by atoms with Crippen molar-refractivity contribution >= 4 is 45.1 Å². The first kappa shape index (κ1) is 22.1. The van der Waals surface area contributed by atoms with E-state index in [0.717, 1.165) is 14.5 Å². The van der Waals surface area contributed by atoms with Crippen molar-refractivity contribution in [2.24, 2.45) is 0 Å². The van der Waals surface area contributed by atoms with Crippen LogP contribution in [0.5, 0.6) is 11.6 Å². The molecular formula is C23H21FIN5O2. The van der Waals surface area contributed by atoms with Crippen molar-refractivity contribution in [2.75, 3.05) is 5.32 Å². The monoisotopic (exact) mass is 545 g/mol.